The lowest BCUT2D eigenvalue weighted by Crippen LogP contribution is -2.37. The van der Waals surface area contributed by atoms with E-state index in [2.05, 4.69) is 15.1 Å². The Morgan fingerprint density at radius 3 is 2.73 bits per heavy atom. The number of anilines is 1. The summed E-state index contributed by atoms with van der Waals surface area (Å²) in [6.45, 7) is 4.76. The molecule has 6 heteroatoms. The molecule has 1 aliphatic heterocycles. The average molecular weight is 301 g/mol. The first kappa shape index (κ1) is 14.6. The van der Waals surface area contributed by atoms with Crippen LogP contribution >= 0.6 is 0 Å². The first-order valence-electron chi connectivity index (χ1n) is 7.27. The Labute approximate surface area is 129 Å². The van der Waals surface area contributed by atoms with Crippen LogP contribution in [-0.2, 0) is 9.47 Å². The second kappa shape index (κ2) is 6.19. The van der Waals surface area contributed by atoms with Crippen molar-refractivity contribution in [2.75, 3.05) is 38.3 Å². The van der Waals surface area contributed by atoms with Crippen LogP contribution in [0.25, 0.3) is 11.3 Å². The molecule has 0 aliphatic carbocycles. The van der Waals surface area contributed by atoms with Crippen LogP contribution in [0.1, 0.15) is 16.1 Å². The highest BCUT2D eigenvalue weighted by Gasteiger charge is 2.27. The van der Waals surface area contributed by atoms with Crippen LogP contribution in [0.15, 0.2) is 24.3 Å². The number of ether oxygens (including phenoxy) is 2. The summed E-state index contributed by atoms with van der Waals surface area (Å²) in [5.74, 6) is -0.408. The fourth-order valence-corrected chi connectivity index (χ4v) is 2.70. The van der Waals surface area contributed by atoms with Gasteiger partial charge < -0.3 is 14.4 Å². The van der Waals surface area contributed by atoms with E-state index >= 15 is 0 Å². The van der Waals surface area contributed by atoms with Crippen molar-refractivity contribution in [1.82, 2.24) is 10.2 Å². The van der Waals surface area contributed by atoms with Gasteiger partial charge in [0.2, 0.25) is 0 Å². The number of aromatic amines is 1. The molecule has 0 bridgehead atoms. The Hall–Kier alpha value is -2.34. The average Bonchev–Trinajstić information content (AvgIpc) is 3.00. The van der Waals surface area contributed by atoms with Crippen molar-refractivity contribution in [3.05, 3.63) is 35.5 Å². The number of aromatic nitrogens is 2. The third-order valence-corrected chi connectivity index (χ3v) is 3.86. The predicted molar refractivity (Wildman–Crippen MR) is 83.1 cm³/mol. The van der Waals surface area contributed by atoms with Gasteiger partial charge in [-0.2, -0.15) is 5.10 Å². The van der Waals surface area contributed by atoms with Gasteiger partial charge in [-0.3, -0.25) is 5.10 Å². The molecular weight excluding hydrogens is 282 g/mol. The molecule has 0 spiro atoms. The van der Waals surface area contributed by atoms with Gasteiger partial charge in [0.15, 0.2) is 5.69 Å². The minimum Gasteiger partial charge on any atom is -0.464 e. The van der Waals surface area contributed by atoms with Crippen LogP contribution in [0.4, 0.5) is 5.69 Å². The molecule has 0 radical (unpaired) electrons. The number of hydrogen-bond acceptors (Lipinski definition) is 5. The number of aryl methyl sites for hydroxylation is 1. The van der Waals surface area contributed by atoms with Gasteiger partial charge in [0.25, 0.3) is 0 Å². The first-order valence-corrected chi connectivity index (χ1v) is 7.27. The van der Waals surface area contributed by atoms with E-state index in [1.807, 2.05) is 31.2 Å². The molecule has 22 heavy (non-hydrogen) atoms. The number of nitrogens with zero attached hydrogens (tertiary/aromatic N) is 2. The van der Waals surface area contributed by atoms with Gasteiger partial charge in [-0.25, -0.2) is 4.79 Å². The smallest absolute Gasteiger partial charge is 0.358 e. The molecule has 1 fully saturated rings. The zero-order chi connectivity index (χ0) is 15.5. The monoisotopic (exact) mass is 301 g/mol. The maximum atomic E-state index is 12.1. The number of methoxy groups -OCH3 is 1. The van der Waals surface area contributed by atoms with Crippen molar-refractivity contribution in [2.45, 2.75) is 6.92 Å². The number of morpholine rings is 1. The fourth-order valence-electron chi connectivity index (χ4n) is 2.70. The number of esters is 1. The summed E-state index contributed by atoms with van der Waals surface area (Å²) >= 11 is 0. The van der Waals surface area contributed by atoms with Crippen molar-refractivity contribution in [3.63, 3.8) is 0 Å². The minimum atomic E-state index is -0.408. The second-order valence-electron chi connectivity index (χ2n) is 5.20. The van der Waals surface area contributed by atoms with E-state index < -0.39 is 5.97 Å². The van der Waals surface area contributed by atoms with Crippen LogP contribution in [0.5, 0.6) is 0 Å². The Balaban J connectivity index is 2.12. The SMILES string of the molecule is COC(=O)c1[nH]nc(-c2ccccc2C)c1N1CCOCC1. The van der Waals surface area contributed by atoms with E-state index in [1.54, 1.807) is 0 Å². The van der Waals surface area contributed by atoms with E-state index in [9.17, 15) is 4.79 Å². The zero-order valence-electron chi connectivity index (χ0n) is 12.8. The molecule has 116 valence electrons. The summed E-state index contributed by atoms with van der Waals surface area (Å²) in [4.78, 5) is 14.2. The Morgan fingerprint density at radius 2 is 2.05 bits per heavy atom. The van der Waals surface area contributed by atoms with Crippen LogP contribution in [-0.4, -0.2) is 49.6 Å². The molecule has 2 heterocycles. The quantitative estimate of drug-likeness (QED) is 0.878. The van der Waals surface area contributed by atoms with Crippen molar-refractivity contribution >= 4 is 11.7 Å². The number of rotatable bonds is 3. The number of hydrogen-bond donors (Lipinski definition) is 1. The van der Waals surface area contributed by atoms with Gasteiger partial charge in [0, 0.05) is 18.7 Å². The third-order valence-electron chi connectivity index (χ3n) is 3.86. The molecule has 3 rings (SSSR count). The van der Waals surface area contributed by atoms with Gasteiger partial charge >= 0.3 is 5.97 Å². The summed E-state index contributed by atoms with van der Waals surface area (Å²) < 4.78 is 10.3. The topological polar surface area (TPSA) is 67.5 Å². The summed E-state index contributed by atoms with van der Waals surface area (Å²) in [7, 11) is 1.37. The summed E-state index contributed by atoms with van der Waals surface area (Å²) in [6, 6.07) is 8.00. The lowest BCUT2D eigenvalue weighted by atomic mass is 10.0. The number of carbonyl (C=O) groups is 1. The van der Waals surface area contributed by atoms with E-state index in [0.29, 0.717) is 18.9 Å². The van der Waals surface area contributed by atoms with Gasteiger partial charge in [0.1, 0.15) is 5.69 Å². The second-order valence-corrected chi connectivity index (χ2v) is 5.20. The maximum absolute atomic E-state index is 12.1. The molecule has 1 aromatic carbocycles. The highest BCUT2D eigenvalue weighted by Crippen LogP contribution is 2.34. The molecule has 1 aliphatic rings. The summed E-state index contributed by atoms with van der Waals surface area (Å²) in [5.41, 5.74) is 4.09. The van der Waals surface area contributed by atoms with Gasteiger partial charge in [-0.15, -0.1) is 0 Å². The molecule has 2 aromatic rings. The third kappa shape index (κ3) is 2.57. The van der Waals surface area contributed by atoms with Crippen molar-refractivity contribution < 1.29 is 14.3 Å². The van der Waals surface area contributed by atoms with E-state index in [-0.39, 0.29) is 0 Å². The Bertz CT molecular complexity index is 675. The Kier molecular flexibility index (Phi) is 4.11. The van der Waals surface area contributed by atoms with Crippen molar-refractivity contribution in [2.24, 2.45) is 0 Å². The van der Waals surface area contributed by atoms with Crippen LogP contribution in [0, 0.1) is 6.92 Å². The van der Waals surface area contributed by atoms with E-state index in [0.717, 1.165) is 35.6 Å². The van der Waals surface area contributed by atoms with E-state index in [4.69, 9.17) is 9.47 Å². The zero-order valence-corrected chi connectivity index (χ0v) is 12.8. The maximum Gasteiger partial charge on any atom is 0.358 e. The predicted octanol–water partition coefficient (Wildman–Crippen LogP) is 2.01. The number of nitrogens with one attached hydrogen (secondary N) is 1. The molecule has 1 N–H and O–H groups in total. The standard InChI is InChI=1S/C16H19N3O3/c1-11-5-3-4-6-12(11)13-15(19-7-9-22-10-8-19)14(18-17-13)16(20)21-2/h3-6H,7-10H2,1-2H3,(H,17,18). The lowest BCUT2D eigenvalue weighted by Gasteiger charge is -2.29. The molecule has 0 atom stereocenters. The highest BCUT2D eigenvalue weighted by molar-refractivity contribution is 5.98. The fraction of sp³-hybridized carbons (Fsp3) is 0.375. The number of carbonyl (C=O) groups excluding carboxylic acids is 1. The van der Waals surface area contributed by atoms with E-state index in [1.165, 1.54) is 7.11 Å². The minimum absolute atomic E-state index is 0.391. The molecule has 1 aromatic heterocycles. The summed E-state index contributed by atoms with van der Waals surface area (Å²) in [5, 5.41) is 7.22. The highest BCUT2D eigenvalue weighted by atomic mass is 16.5. The number of benzene rings is 1. The molecule has 0 amide bonds. The molecule has 0 saturated carbocycles. The number of H-pyrrole nitrogens is 1. The van der Waals surface area contributed by atoms with Gasteiger partial charge in [0.05, 0.1) is 26.0 Å². The molecule has 1 saturated heterocycles. The first-order chi connectivity index (χ1) is 10.7. The van der Waals surface area contributed by atoms with Crippen LogP contribution in [0.3, 0.4) is 0 Å². The van der Waals surface area contributed by atoms with Gasteiger partial charge in [-0.05, 0) is 12.5 Å². The molecule has 6 nitrogen and oxygen atoms in total. The van der Waals surface area contributed by atoms with Gasteiger partial charge in [-0.1, -0.05) is 24.3 Å². The molecule has 0 unspecified atom stereocenters. The Morgan fingerprint density at radius 1 is 1.32 bits per heavy atom. The molecular formula is C16H19N3O3. The van der Waals surface area contributed by atoms with Crippen LogP contribution < -0.4 is 4.90 Å². The summed E-state index contributed by atoms with van der Waals surface area (Å²) in [6.07, 6.45) is 0. The van der Waals surface area contributed by atoms with Crippen LogP contribution in [0.2, 0.25) is 0 Å². The van der Waals surface area contributed by atoms with Crippen molar-refractivity contribution in [1.29, 1.82) is 0 Å². The lowest BCUT2D eigenvalue weighted by molar-refractivity contribution is 0.0593. The largest absolute Gasteiger partial charge is 0.464 e. The van der Waals surface area contributed by atoms with Crippen molar-refractivity contribution in [3.8, 4) is 11.3 Å². The normalized spacial score (nSPS) is 14.9.